The van der Waals surface area contributed by atoms with Gasteiger partial charge in [-0.2, -0.15) is 13.2 Å². The van der Waals surface area contributed by atoms with Gasteiger partial charge in [0, 0.05) is 34.4 Å². The molecular formula is C9H16F3NOS. The smallest absolute Gasteiger partial charge is 0.311 e. The monoisotopic (exact) mass is 243 g/mol. The van der Waals surface area contributed by atoms with Crippen molar-refractivity contribution in [3.05, 3.63) is 0 Å². The maximum absolute atomic E-state index is 12.0. The zero-order chi connectivity index (χ0) is 11.5. The Hall–Kier alpha value is -0.100. The van der Waals surface area contributed by atoms with E-state index in [-0.39, 0.29) is 6.04 Å². The van der Waals surface area contributed by atoms with Gasteiger partial charge in [0.1, 0.15) is 0 Å². The molecule has 0 aromatic rings. The van der Waals surface area contributed by atoms with Gasteiger partial charge in [0.15, 0.2) is 0 Å². The first-order valence-electron chi connectivity index (χ1n) is 5.04. The van der Waals surface area contributed by atoms with Crippen molar-refractivity contribution in [2.75, 3.05) is 11.5 Å². The topological polar surface area (TPSA) is 29.1 Å². The van der Waals surface area contributed by atoms with E-state index in [0.717, 1.165) is 12.8 Å². The first-order valence-corrected chi connectivity index (χ1v) is 6.53. The fourth-order valence-electron chi connectivity index (χ4n) is 1.77. The Morgan fingerprint density at radius 1 is 1.40 bits per heavy atom. The lowest BCUT2D eigenvalue weighted by atomic mass is 10.1. The molecule has 1 saturated heterocycles. The van der Waals surface area contributed by atoms with Crippen molar-refractivity contribution in [3.63, 3.8) is 0 Å². The summed E-state index contributed by atoms with van der Waals surface area (Å²) in [7, 11) is -0.757. The number of halogens is 3. The molecule has 90 valence electrons. The van der Waals surface area contributed by atoms with Crippen LogP contribution in [0.4, 0.5) is 13.2 Å². The number of rotatable bonds is 3. The number of hydrogen-bond donors (Lipinski definition) is 1. The normalized spacial score (nSPS) is 30.1. The summed E-state index contributed by atoms with van der Waals surface area (Å²) >= 11 is 0. The van der Waals surface area contributed by atoms with Crippen LogP contribution in [-0.2, 0) is 10.8 Å². The highest BCUT2D eigenvalue weighted by molar-refractivity contribution is 7.85. The van der Waals surface area contributed by atoms with Gasteiger partial charge in [0.2, 0.25) is 0 Å². The van der Waals surface area contributed by atoms with Crippen LogP contribution < -0.4 is 5.32 Å². The minimum atomic E-state index is -4.11. The highest BCUT2D eigenvalue weighted by Gasteiger charge is 2.31. The molecular weight excluding hydrogens is 227 g/mol. The SMILES string of the molecule is CC(CC(F)(F)F)NC1CCS(=O)CC1. The Morgan fingerprint density at radius 2 is 1.93 bits per heavy atom. The van der Waals surface area contributed by atoms with Crippen LogP contribution in [0.1, 0.15) is 26.2 Å². The molecule has 0 aromatic heterocycles. The highest BCUT2D eigenvalue weighted by atomic mass is 32.2. The Balaban J connectivity index is 2.26. The average Bonchev–Trinajstić information content (AvgIpc) is 2.05. The second kappa shape index (κ2) is 5.30. The molecule has 0 aromatic carbocycles. The molecule has 1 aliphatic heterocycles. The van der Waals surface area contributed by atoms with Crippen LogP contribution in [-0.4, -0.2) is 34.0 Å². The van der Waals surface area contributed by atoms with Crippen molar-refractivity contribution in [2.24, 2.45) is 0 Å². The maximum atomic E-state index is 12.0. The summed E-state index contributed by atoms with van der Waals surface area (Å²) in [5.41, 5.74) is 0. The number of nitrogens with one attached hydrogen (secondary N) is 1. The van der Waals surface area contributed by atoms with Gasteiger partial charge >= 0.3 is 6.18 Å². The molecule has 1 fully saturated rings. The number of alkyl halides is 3. The summed E-state index contributed by atoms with van der Waals surface area (Å²) in [5, 5.41) is 2.94. The van der Waals surface area contributed by atoms with Crippen LogP contribution in [0.2, 0.25) is 0 Å². The Morgan fingerprint density at radius 3 is 2.40 bits per heavy atom. The van der Waals surface area contributed by atoms with Crippen molar-refractivity contribution in [3.8, 4) is 0 Å². The molecule has 0 amide bonds. The van der Waals surface area contributed by atoms with Crippen LogP contribution in [0.5, 0.6) is 0 Å². The molecule has 1 heterocycles. The Kier molecular flexibility index (Phi) is 4.58. The van der Waals surface area contributed by atoms with E-state index in [9.17, 15) is 17.4 Å². The summed E-state index contributed by atoms with van der Waals surface area (Å²) in [6.07, 6.45) is -3.47. The second-order valence-electron chi connectivity index (χ2n) is 4.01. The summed E-state index contributed by atoms with van der Waals surface area (Å²) in [6.45, 7) is 1.54. The van der Waals surface area contributed by atoms with E-state index >= 15 is 0 Å². The minimum absolute atomic E-state index is 0.0973. The highest BCUT2D eigenvalue weighted by Crippen LogP contribution is 2.22. The van der Waals surface area contributed by atoms with E-state index in [1.807, 2.05) is 0 Å². The molecule has 0 aliphatic carbocycles. The van der Waals surface area contributed by atoms with Gasteiger partial charge in [-0.25, -0.2) is 0 Å². The first-order chi connectivity index (χ1) is 6.87. The third-order valence-electron chi connectivity index (χ3n) is 2.45. The van der Waals surface area contributed by atoms with Gasteiger partial charge in [-0.05, 0) is 19.8 Å². The lowest BCUT2D eigenvalue weighted by Gasteiger charge is -2.26. The van der Waals surface area contributed by atoms with E-state index in [1.54, 1.807) is 6.92 Å². The second-order valence-corrected chi connectivity index (χ2v) is 5.71. The van der Waals surface area contributed by atoms with Crippen LogP contribution in [0.15, 0.2) is 0 Å². The largest absolute Gasteiger partial charge is 0.390 e. The summed E-state index contributed by atoms with van der Waals surface area (Å²) in [6, 6.07) is -0.457. The molecule has 0 radical (unpaired) electrons. The number of hydrogen-bond acceptors (Lipinski definition) is 2. The van der Waals surface area contributed by atoms with Crippen LogP contribution in [0.3, 0.4) is 0 Å². The molecule has 0 bridgehead atoms. The lowest BCUT2D eigenvalue weighted by molar-refractivity contribution is -0.139. The van der Waals surface area contributed by atoms with Gasteiger partial charge in [0.05, 0.1) is 6.42 Å². The van der Waals surface area contributed by atoms with Crippen molar-refractivity contribution in [1.29, 1.82) is 0 Å². The Bertz CT molecular complexity index is 222. The van der Waals surface area contributed by atoms with Crippen LogP contribution in [0.25, 0.3) is 0 Å². The zero-order valence-electron chi connectivity index (χ0n) is 8.64. The van der Waals surface area contributed by atoms with Gasteiger partial charge in [-0.1, -0.05) is 0 Å². The summed E-state index contributed by atoms with van der Waals surface area (Å²) in [4.78, 5) is 0. The van der Waals surface area contributed by atoms with Gasteiger partial charge in [-0.15, -0.1) is 0 Å². The first kappa shape index (κ1) is 13.0. The molecule has 0 saturated carbocycles. The quantitative estimate of drug-likeness (QED) is 0.819. The molecule has 6 heteroatoms. The molecule has 1 unspecified atom stereocenters. The third kappa shape index (κ3) is 5.51. The molecule has 15 heavy (non-hydrogen) atoms. The van der Waals surface area contributed by atoms with Crippen molar-refractivity contribution in [1.82, 2.24) is 5.32 Å². The maximum Gasteiger partial charge on any atom is 0.390 e. The fourth-order valence-corrected chi connectivity index (χ4v) is 3.07. The predicted molar refractivity (Wildman–Crippen MR) is 54.2 cm³/mol. The standard InChI is InChI=1S/C9H16F3NOS/c1-7(6-9(10,11)12)13-8-2-4-15(14)5-3-8/h7-8,13H,2-6H2,1H3. The molecule has 2 nitrogen and oxygen atoms in total. The molecule has 1 rings (SSSR count). The van der Waals surface area contributed by atoms with Gasteiger partial charge < -0.3 is 5.32 Å². The van der Waals surface area contributed by atoms with E-state index in [4.69, 9.17) is 0 Å². The van der Waals surface area contributed by atoms with Gasteiger partial charge in [0.25, 0.3) is 0 Å². The molecule has 1 N–H and O–H groups in total. The van der Waals surface area contributed by atoms with E-state index in [2.05, 4.69) is 5.32 Å². The molecule has 1 atom stereocenters. The third-order valence-corrected chi connectivity index (χ3v) is 3.83. The van der Waals surface area contributed by atoms with E-state index in [1.165, 1.54) is 0 Å². The molecule has 1 aliphatic rings. The van der Waals surface area contributed by atoms with Crippen LogP contribution >= 0.6 is 0 Å². The van der Waals surface area contributed by atoms with E-state index in [0.29, 0.717) is 11.5 Å². The van der Waals surface area contributed by atoms with Crippen LogP contribution in [0, 0.1) is 0 Å². The van der Waals surface area contributed by atoms with Crippen molar-refractivity contribution < 1.29 is 17.4 Å². The minimum Gasteiger partial charge on any atom is -0.311 e. The Labute approximate surface area is 90.1 Å². The zero-order valence-corrected chi connectivity index (χ0v) is 9.46. The van der Waals surface area contributed by atoms with Crippen molar-refractivity contribution >= 4 is 10.8 Å². The summed E-state index contributed by atoms with van der Waals surface area (Å²) in [5.74, 6) is 1.22. The lowest BCUT2D eigenvalue weighted by Crippen LogP contribution is -2.42. The predicted octanol–water partition coefficient (Wildman–Crippen LogP) is 1.83. The molecule has 0 spiro atoms. The fraction of sp³-hybridized carbons (Fsp3) is 1.00. The van der Waals surface area contributed by atoms with Gasteiger partial charge in [-0.3, -0.25) is 4.21 Å². The summed E-state index contributed by atoms with van der Waals surface area (Å²) < 4.78 is 47.1. The van der Waals surface area contributed by atoms with E-state index < -0.39 is 29.4 Å². The average molecular weight is 243 g/mol. The van der Waals surface area contributed by atoms with Crippen molar-refractivity contribution in [2.45, 2.75) is 44.4 Å².